The molecule has 126 valence electrons. The maximum absolute atomic E-state index is 13.1. The Labute approximate surface area is 151 Å². The van der Waals surface area contributed by atoms with Crippen LogP contribution in [0, 0.1) is 6.92 Å². The largest absolute Gasteiger partial charge is 0.467 e. The molecule has 1 fully saturated rings. The standard InChI is InChI=1S/C18H20N2O2S2/c1-13-6-3-4-8-15(13)20-17(21)16(9-11-24-2)19(18(20)23)12-14-7-5-10-22-14/h3-8,10,16H,9,11-12H2,1-2H3. The third-order valence-corrected chi connectivity index (χ3v) is 5.24. The van der Waals surface area contributed by atoms with E-state index in [-0.39, 0.29) is 11.9 Å². The van der Waals surface area contributed by atoms with Crippen LogP contribution in [0.5, 0.6) is 0 Å². The van der Waals surface area contributed by atoms with Gasteiger partial charge in [0.05, 0.1) is 18.5 Å². The Morgan fingerprint density at radius 3 is 2.71 bits per heavy atom. The van der Waals surface area contributed by atoms with E-state index in [1.54, 1.807) is 22.9 Å². The molecule has 2 heterocycles. The molecule has 1 aromatic carbocycles. The summed E-state index contributed by atoms with van der Waals surface area (Å²) in [5.41, 5.74) is 1.90. The van der Waals surface area contributed by atoms with Gasteiger partial charge < -0.3 is 9.32 Å². The summed E-state index contributed by atoms with van der Waals surface area (Å²) in [7, 11) is 0. The molecule has 0 bridgehead atoms. The highest BCUT2D eigenvalue weighted by atomic mass is 32.2. The zero-order chi connectivity index (χ0) is 17.1. The molecular formula is C18H20N2O2S2. The first-order valence-corrected chi connectivity index (χ1v) is 9.65. The Morgan fingerprint density at radius 2 is 2.04 bits per heavy atom. The van der Waals surface area contributed by atoms with Crippen molar-refractivity contribution in [3.05, 3.63) is 54.0 Å². The predicted octanol–water partition coefficient (Wildman–Crippen LogP) is 3.84. The first-order valence-electron chi connectivity index (χ1n) is 7.85. The summed E-state index contributed by atoms with van der Waals surface area (Å²) in [4.78, 5) is 16.7. The number of para-hydroxylation sites is 1. The second-order valence-corrected chi connectivity index (χ2v) is 7.10. The molecule has 0 spiro atoms. The van der Waals surface area contributed by atoms with E-state index in [0.29, 0.717) is 11.7 Å². The van der Waals surface area contributed by atoms with Gasteiger partial charge in [-0.2, -0.15) is 11.8 Å². The molecule has 24 heavy (non-hydrogen) atoms. The van der Waals surface area contributed by atoms with Crippen molar-refractivity contribution in [1.29, 1.82) is 0 Å². The lowest BCUT2D eigenvalue weighted by Gasteiger charge is -2.23. The van der Waals surface area contributed by atoms with Crippen LogP contribution in [0.15, 0.2) is 47.1 Å². The monoisotopic (exact) mass is 360 g/mol. The van der Waals surface area contributed by atoms with Crippen molar-refractivity contribution >= 4 is 40.7 Å². The minimum Gasteiger partial charge on any atom is -0.467 e. The molecule has 4 nitrogen and oxygen atoms in total. The molecule has 1 saturated heterocycles. The summed E-state index contributed by atoms with van der Waals surface area (Å²) >= 11 is 7.40. The molecule has 1 aliphatic heterocycles. The SMILES string of the molecule is CSCCC1C(=O)N(c2ccccc2C)C(=S)N1Cc1ccco1. The van der Waals surface area contributed by atoms with Gasteiger partial charge in [-0.25, -0.2) is 0 Å². The summed E-state index contributed by atoms with van der Waals surface area (Å²) in [6, 6.07) is 11.4. The van der Waals surface area contributed by atoms with Gasteiger partial charge in [-0.15, -0.1) is 0 Å². The summed E-state index contributed by atoms with van der Waals surface area (Å²) < 4.78 is 5.46. The zero-order valence-electron chi connectivity index (χ0n) is 13.8. The molecule has 0 N–H and O–H groups in total. The van der Waals surface area contributed by atoms with Crippen LogP contribution in [0.3, 0.4) is 0 Å². The van der Waals surface area contributed by atoms with Crippen molar-refractivity contribution in [3.8, 4) is 0 Å². The van der Waals surface area contributed by atoms with Gasteiger partial charge in [-0.3, -0.25) is 9.69 Å². The summed E-state index contributed by atoms with van der Waals surface area (Å²) in [5.74, 6) is 1.77. The van der Waals surface area contributed by atoms with Crippen LogP contribution in [-0.4, -0.2) is 34.0 Å². The van der Waals surface area contributed by atoms with Crippen LogP contribution < -0.4 is 4.90 Å². The molecule has 6 heteroatoms. The normalized spacial score (nSPS) is 17.8. The average Bonchev–Trinajstić information content (AvgIpc) is 3.16. The van der Waals surface area contributed by atoms with Crippen LogP contribution in [0.1, 0.15) is 17.7 Å². The maximum atomic E-state index is 13.1. The van der Waals surface area contributed by atoms with Gasteiger partial charge in [0.15, 0.2) is 5.11 Å². The van der Waals surface area contributed by atoms with Crippen molar-refractivity contribution < 1.29 is 9.21 Å². The fourth-order valence-electron chi connectivity index (χ4n) is 2.93. The first-order chi connectivity index (χ1) is 11.6. The Kier molecular flexibility index (Phi) is 5.26. The molecule has 2 aromatic rings. The van der Waals surface area contributed by atoms with E-state index in [4.69, 9.17) is 16.6 Å². The van der Waals surface area contributed by atoms with Crippen LogP contribution in [-0.2, 0) is 11.3 Å². The highest BCUT2D eigenvalue weighted by molar-refractivity contribution is 7.98. The van der Waals surface area contributed by atoms with Gasteiger partial charge in [0.1, 0.15) is 11.8 Å². The number of rotatable bonds is 6. The van der Waals surface area contributed by atoms with Gasteiger partial charge in [0, 0.05) is 0 Å². The number of carbonyl (C=O) groups excluding carboxylic acids is 1. The van der Waals surface area contributed by atoms with E-state index >= 15 is 0 Å². The molecule has 0 aliphatic carbocycles. The number of nitrogens with zero attached hydrogens (tertiary/aromatic N) is 2. The van der Waals surface area contributed by atoms with E-state index in [1.165, 1.54) is 0 Å². The highest BCUT2D eigenvalue weighted by Crippen LogP contribution is 2.31. The molecule has 0 saturated carbocycles. The van der Waals surface area contributed by atoms with Gasteiger partial charge in [0.2, 0.25) is 0 Å². The third-order valence-electron chi connectivity index (χ3n) is 4.18. The molecular weight excluding hydrogens is 340 g/mol. The van der Waals surface area contributed by atoms with Gasteiger partial charge >= 0.3 is 0 Å². The number of anilines is 1. The highest BCUT2D eigenvalue weighted by Gasteiger charge is 2.43. The Bertz CT molecular complexity index is 730. The lowest BCUT2D eigenvalue weighted by Crippen LogP contribution is -2.34. The molecule has 1 aromatic heterocycles. The molecule has 3 rings (SSSR count). The topological polar surface area (TPSA) is 36.7 Å². The van der Waals surface area contributed by atoms with Gasteiger partial charge in [-0.05, 0) is 61.3 Å². The molecule has 1 unspecified atom stereocenters. The zero-order valence-corrected chi connectivity index (χ0v) is 15.4. The van der Waals surface area contributed by atoms with Crippen LogP contribution in [0.4, 0.5) is 5.69 Å². The second kappa shape index (κ2) is 7.40. The Hall–Kier alpha value is -1.79. The van der Waals surface area contributed by atoms with E-state index < -0.39 is 0 Å². The second-order valence-electron chi connectivity index (χ2n) is 5.75. The number of amides is 1. The smallest absolute Gasteiger partial charge is 0.256 e. The molecule has 1 atom stereocenters. The fourth-order valence-corrected chi connectivity index (χ4v) is 3.77. The van der Waals surface area contributed by atoms with Crippen LogP contribution in [0.25, 0.3) is 0 Å². The van der Waals surface area contributed by atoms with Crippen LogP contribution in [0.2, 0.25) is 0 Å². The van der Waals surface area contributed by atoms with Crippen molar-refractivity contribution in [3.63, 3.8) is 0 Å². The number of carbonyl (C=O) groups is 1. The van der Waals surface area contributed by atoms with Gasteiger partial charge in [-0.1, -0.05) is 18.2 Å². The Morgan fingerprint density at radius 1 is 1.25 bits per heavy atom. The van der Waals surface area contributed by atoms with Crippen molar-refractivity contribution in [2.45, 2.75) is 25.9 Å². The first kappa shape index (κ1) is 17.0. The predicted molar refractivity (Wildman–Crippen MR) is 102 cm³/mol. The maximum Gasteiger partial charge on any atom is 0.256 e. The number of hydrogen-bond acceptors (Lipinski definition) is 4. The number of furan rings is 1. The summed E-state index contributed by atoms with van der Waals surface area (Å²) in [5, 5.41) is 0.553. The van der Waals surface area contributed by atoms with E-state index in [0.717, 1.165) is 29.2 Å². The number of thiocarbonyl (C=S) groups is 1. The quantitative estimate of drug-likeness (QED) is 0.732. The number of aryl methyl sites for hydroxylation is 1. The van der Waals surface area contributed by atoms with E-state index in [2.05, 4.69) is 0 Å². The summed E-state index contributed by atoms with van der Waals surface area (Å²) in [6.07, 6.45) is 4.46. The molecule has 1 amide bonds. The lowest BCUT2D eigenvalue weighted by molar-refractivity contribution is -0.119. The van der Waals surface area contributed by atoms with Crippen molar-refractivity contribution in [2.75, 3.05) is 16.9 Å². The number of hydrogen-bond donors (Lipinski definition) is 0. The third kappa shape index (κ3) is 3.21. The molecule has 0 radical (unpaired) electrons. The Balaban J connectivity index is 1.93. The molecule has 1 aliphatic rings. The van der Waals surface area contributed by atoms with E-state index in [9.17, 15) is 4.79 Å². The minimum absolute atomic E-state index is 0.0508. The lowest BCUT2D eigenvalue weighted by atomic mass is 10.1. The van der Waals surface area contributed by atoms with Crippen LogP contribution >= 0.6 is 24.0 Å². The van der Waals surface area contributed by atoms with Gasteiger partial charge in [0.25, 0.3) is 5.91 Å². The number of thioether (sulfide) groups is 1. The summed E-state index contributed by atoms with van der Waals surface area (Å²) in [6.45, 7) is 2.51. The fraction of sp³-hybridized carbons (Fsp3) is 0.333. The van der Waals surface area contributed by atoms with Crippen molar-refractivity contribution in [2.24, 2.45) is 0 Å². The average molecular weight is 361 g/mol. The van der Waals surface area contributed by atoms with Crippen molar-refractivity contribution in [1.82, 2.24) is 4.90 Å². The number of benzene rings is 1. The van der Waals surface area contributed by atoms with E-state index in [1.807, 2.05) is 54.5 Å². The minimum atomic E-state index is -0.241.